The first kappa shape index (κ1) is 14.8. The van der Waals surface area contributed by atoms with Gasteiger partial charge in [0.05, 0.1) is 11.8 Å². The van der Waals surface area contributed by atoms with Gasteiger partial charge in [-0.25, -0.2) is 0 Å². The molecule has 4 nitrogen and oxygen atoms in total. The first-order valence-electron chi connectivity index (χ1n) is 7.77. The molecule has 4 unspecified atom stereocenters. The number of carbonyl (C=O) groups excluding carboxylic acids is 1. The molecule has 0 heterocycles. The molecule has 1 saturated carbocycles. The van der Waals surface area contributed by atoms with E-state index in [-0.39, 0.29) is 17.7 Å². The summed E-state index contributed by atoms with van der Waals surface area (Å²) in [4.78, 5) is 24.3. The fourth-order valence-corrected chi connectivity index (χ4v) is 3.79. The van der Waals surface area contributed by atoms with Gasteiger partial charge >= 0.3 is 5.97 Å². The van der Waals surface area contributed by atoms with Crippen molar-refractivity contribution in [1.82, 2.24) is 0 Å². The van der Waals surface area contributed by atoms with Crippen LogP contribution in [0.3, 0.4) is 0 Å². The van der Waals surface area contributed by atoms with E-state index < -0.39 is 17.8 Å². The summed E-state index contributed by atoms with van der Waals surface area (Å²) in [6.07, 6.45) is 5.77. The van der Waals surface area contributed by atoms with Crippen molar-refractivity contribution in [3.8, 4) is 0 Å². The van der Waals surface area contributed by atoms with Crippen LogP contribution in [0.5, 0.6) is 0 Å². The topological polar surface area (TPSA) is 66.4 Å². The molecule has 3 aliphatic rings. The number of fused-ring (bicyclic) bond motifs is 2. The summed E-state index contributed by atoms with van der Waals surface area (Å²) < 4.78 is 0. The van der Waals surface area contributed by atoms with Crippen molar-refractivity contribution in [2.45, 2.75) is 26.7 Å². The zero-order valence-corrected chi connectivity index (χ0v) is 12.9. The first-order valence-corrected chi connectivity index (χ1v) is 7.77. The second-order valence-corrected chi connectivity index (χ2v) is 6.42. The number of amides is 1. The van der Waals surface area contributed by atoms with E-state index in [0.29, 0.717) is 0 Å². The minimum Gasteiger partial charge on any atom is -0.481 e. The maximum absolute atomic E-state index is 12.7. The Labute approximate surface area is 130 Å². The van der Waals surface area contributed by atoms with E-state index in [1.54, 1.807) is 0 Å². The molecule has 3 aliphatic carbocycles. The predicted molar refractivity (Wildman–Crippen MR) is 84.5 cm³/mol. The van der Waals surface area contributed by atoms with Crippen LogP contribution in [0.1, 0.15) is 24.0 Å². The molecule has 116 valence electrons. The fourth-order valence-electron chi connectivity index (χ4n) is 3.79. The van der Waals surface area contributed by atoms with Crippen LogP contribution >= 0.6 is 0 Å². The number of nitrogens with one attached hydrogen (secondary N) is 1. The lowest BCUT2D eigenvalue weighted by atomic mass is 9.62. The quantitative estimate of drug-likeness (QED) is 0.843. The van der Waals surface area contributed by atoms with Crippen molar-refractivity contribution < 1.29 is 14.7 Å². The van der Waals surface area contributed by atoms with Gasteiger partial charge in [-0.05, 0) is 55.7 Å². The average Bonchev–Trinajstić information content (AvgIpc) is 2.51. The number of anilines is 1. The number of carboxylic acids is 1. The monoisotopic (exact) mass is 299 g/mol. The minimum absolute atomic E-state index is 0.0168. The molecule has 0 saturated heterocycles. The van der Waals surface area contributed by atoms with Crippen LogP contribution in [-0.4, -0.2) is 17.0 Å². The fraction of sp³-hybridized carbons (Fsp3) is 0.444. The largest absolute Gasteiger partial charge is 0.481 e. The maximum atomic E-state index is 12.7. The molecular weight excluding hydrogens is 278 g/mol. The molecule has 0 radical (unpaired) electrons. The van der Waals surface area contributed by atoms with Gasteiger partial charge in [-0.3, -0.25) is 9.59 Å². The van der Waals surface area contributed by atoms with Crippen LogP contribution in [0.15, 0.2) is 30.4 Å². The number of rotatable bonds is 3. The molecule has 2 N–H and O–H groups in total. The second-order valence-electron chi connectivity index (χ2n) is 6.42. The maximum Gasteiger partial charge on any atom is 0.307 e. The zero-order valence-electron chi connectivity index (χ0n) is 12.9. The highest BCUT2D eigenvalue weighted by Gasteiger charge is 2.48. The van der Waals surface area contributed by atoms with E-state index in [0.717, 1.165) is 29.7 Å². The minimum atomic E-state index is -0.861. The Kier molecular flexibility index (Phi) is 3.77. The number of aryl methyl sites for hydroxylation is 1. The summed E-state index contributed by atoms with van der Waals surface area (Å²) in [6.45, 7) is 3.96. The highest BCUT2D eigenvalue weighted by atomic mass is 16.4. The Bertz CT molecular complexity index is 650. The molecule has 1 aromatic carbocycles. The van der Waals surface area contributed by atoms with Crippen molar-refractivity contribution in [3.63, 3.8) is 0 Å². The summed E-state index contributed by atoms with van der Waals surface area (Å²) in [5.74, 6) is -2.08. The van der Waals surface area contributed by atoms with Gasteiger partial charge in [-0.15, -0.1) is 0 Å². The van der Waals surface area contributed by atoms with Gasteiger partial charge in [-0.2, -0.15) is 0 Å². The van der Waals surface area contributed by atoms with Crippen LogP contribution < -0.4 is 5.32 Å². The normalized spacial score (nSPS) is 29.4. The Morgan fingerprint density at radius 2 is 1.73 bits per heavy atom. The van der Waals surface area contributed by atoms with Crippen molar-refractivity contribution in [3.05, 3.63) is 41.5 Å². The van der Waals surface area contributed by atoms with Gasteiger partial charge in [0.15, 0.2) is 0 Å². The van der Waals surface area contributed by atoms with Crippen LogP contribution in [0.4, 0.5) is 5.69 Å². The highest BCUT2D eigenvalue weighted by molar-refractivity contribution is 5.96. The number of hydrogen-bond acceptors (Lipinski definition) is 2. The van der Waals surface area contributed by atoms with E-state index in [9.17, 15) is 14.7 Å². The van der Waals surface area contributed by atoms with Gasteiger partial charge in [-0.1, -0.05) is 24.3 Å². The van der Waals surface area contributed by atoms with Crippen LogP contribution in [0.2, 0.25) is 0 Å². The number of carbonyl (C=O) groups is 2. The third-order valence-corrected chi connectivity index (χ3v) is 5.20. The summed E-state index contributed by atoms with van der Waals surface area (Å²) in [7, 11) is 0. The summed E-state index contributed by atoms with van der Waals surface area (Å²) >= 11 is 0. The third kappa shape index (κ3) is 2.43. The van der Waals surface area contributed by atoms with Gasteiger partial charge < -0.3 is 10.4 Å². The molecule has 2 bridgehead atoms. The summed E-state index contributed by atoms with van der Waals surface area (Å²) in [5.41, 5.74) is 2.91. The van der Waals surface area contributed by atoms with E-state index in [1.807, 2.05) is 44.2 Å². The van der Waals surface area contributed by atoms with E-state index in [1.165, 1.54) is 0 Å². The third-order valence-electron chi connectivity index (χ3n) is 5.20. The Balaban J connectivity index is 1.86. The number of benzene rings is 1. The molecule has 0 aromatic heterocycles. The highest BCUT2D eigenvalue weighted by Crippen LogP contribution is 2.45. The van der Waals surface area contributed by atoms with Crippen molar-refractivity contribution >= 4 is 17.6 Å². The molecule has 1 aromatic rings. The number of hydrogen-bond donors (Lipinski definition) is 2. The smallest absolute Gasteiger partial charge is 0.307 e. The molecule has 1 fully saturated rings. The number of carboxylic acid groups (broad SMARTS) is 1. The lowest BCUT2D eigenvalue weighted by molar-refractivity contribution is -0.151. The molecule has 22 heavy (non-hydrogen) atoms. The molecule has 4 rings (SSSR count). The Morgan fingerprint density at radius 1 is 1.09 bits per heavy atom. The predicted octanol–water partition coefficient (Wildman–Crippen LogP) is 3.15. The van der Waals surface area contributed by atoms with Crippen molar-refractivity contribution in [1.29, 1.82) is 0 Å². The molecule has 4 atom stereocenters. The average molecular weight is 299 g/mol. The standard InChI is InChI=1S/C18H21NO3/c1-10-4-3-5-14(11(10)2)19-17(20)15-12-6-8-13(9-7-12)16(15)18(21)22/h3-6,8,12-13,15-16H,7,9H2,1-2H3,(H,19,20)(H,21,22). The lowest BCUT2D eigenvalue weighted by Crippen LogP contribution is -2.47. The van der Waals surface area contributed by atoms with Crippen LogP contribution in [0.25, 0.3) is 0 Å². The molecular formula is C18H21NO3. The summed E-state index contributed by atoms with van der Waals surface area (Å²) in [5, 5.41) is 12.5. The zero-order chi connectivity index (χ0) is 15.9. The Hall–Kier alpha value is -2.10. The molecule has 0 aliphatic heterocycles. The van der Waals surface area contributed by atoms with E-state index in [4.69, 9.17) is 0 Å². The van der Waals surface area contributed by atoms with Crippen molar-refractivity contribution in [2.75, 3.05) is 5.32 Å². The number of aliphatic carboxylic acids is 1. The van der Waals surface area contributed by atoms with Gasteiger partial charge in [0.2, 0.25) is 5.91 Å². The second kappa shape index (κ2) is 5.59. The molecule has 4 heteroatoms. The SMILES string of the molecule is Cc1cccc(NC(=O)C2C3C=CC(CC3)C2C(=O)O)c1C. The van der Waals surface area contributed by atoms with Gasteiger partial charge in [0.1, 0.15) is 0 Å². The van der Waals surface area contributed by atoms with Crippen LogP contribution in [0, 0.1) is 37.5 Å². The summed E-state index contributed by atoms with van der Waals surface area (Å²) in [6, 6.07) is 5.77. The first-order chi connectivity index (χ1) is 10.5. The Morgan fingerprint density at radius 3 is 2.32 bits per heavy atom. The van der Waals surface area contributed by atoms with E-state index in [2.05, 4.69) is 5.32 Å². The van der Waals surface area contributed by atoms with Crippen LogP contribution in [-0.2, 0) is 9.59 Å². The van der Waals surface area contributed by atoms with Gasteiger partial charge in [0.25, 0.3) is 0 Å². The van der Waals surface area contributed by atoms with Gasteiger partial charge in [0, 0.05) is 5.69 Å². The lowest BCUT2D eigenvalue weighted by Gasteiger charge is -2.41. The number of allylic oxidation sites excluding steroid dienone is 2. The van der Waals surface area contributed by atoms with Crippen molar-refractivity contribution in [2.24, 2.45) is 23.7 Å². The van der Waals surface area contributed by atoms with E-state index >= 15 is 0 Å². The molecule has 1 amide bonds. The molecule has 0 spiro atoms.